The molecule has 1 fully saturated rings. The molecular weight excluding hydrogens is 418 g/mol. The number of carbonyl (C=O) groups excluding carboxylic acids is 1. The van der Waals surface area contributed by atoms with Crippen LogP contribution >= 0.6 is 0 Å². The van der Waals surface area contributed by atoms with Gasteiger partial charge in [0.2, 0.25) is 0 Å². The highest BCUT2D eigenvalue weighted by Crippen LogP contribution is 2.40. The second kappa shape index (κ2) is 8.01. The summed E-state index contributed by atoms with van der Waals surface area (Å²) in [6, 6.07) is 6.85. The fraction of sp³-hybridized carbons (Fsp3) is 0.429. The van der Waals surface area contributed by atoms with Crippen molar-refractivity contribution in [2.75, 3.05) is 12.3 Å². The van der Waals surface area contributed by atoms with Gasteiger partial charge in [-0.1, -0.05) is 0 Å². The summed E-state index contributed by atoms with van der Waals surface area (Å²) in [6.07, 6.45) is -0.0639. The van der Waals surface area contributed by atoms with E-state index in [9.17, 15) is 15.0 Å². The molecule has 1 aliphatic rings. The molecule has 0 unspecified atom stereocenters. The minimum Gasteiger partial charge on any atom is -0.431 e. The lowest BCUT2D eigenvalue weighted by atomic mass is 9.93. The van der Waals surface area contributed by atoms with Crippen molar-refractivity contribution < 1.29 is 29.2 Å². The van der Waals surface area contributed by atoms with Crippen LogP contribution in [-0.4, -0.2) is 60.9 Å². The third-order valence-electron chi connectivity index (χ3n) is 5.73. The SMILES string of the molecule is CC(C)(OC(=O)OC[C@H]1O[C@@](C)(c2ccc3c(N)ncnn23)[C@H](O)[C@@H]1O)c1ccncc1. The standard InChI is InChI=1S/C21H25N5O6/c1-20(2,12-6-8-23-9-7-12)32-19(29)30-10-14-16(27)17(28)21(3,31-14)15-5-4-13-18(22)24-11-25-26(13)15/h4-9,11,14,16-17,27-28H,10H2,1-3H3,(H2,22,24,25)/t14-,16-,17-,21+/m1/s1. The first-order chi connectivity index (χ1) is 15.1. The van der Waals surface area contributed by atoms with Crippen LogP contribution < -0.4 is 5.73 Å². The third kappa shape index (κ3) is 3.74. The molecule has 0 saturated carbocycles. The molecule has 0 radical (unpaired) electrons. The van der Waals surface area contributed by atoms with E-state index < -0.39 is 35.7 Å². The van der Waals surface area contributed by atoms with E-state index in [1.54, 1.807) is 57.4 Å². The zero-order valence-electron chi connectivity index (χ0n) is 17.9. The summed E-state index contributed by atoms with van der Waals surface area (Å²) in [5.41, 5.74) is 5.34. The van der Waals surface area contributed by atoms with Crippen molar-refractivity contribution in [2.45, 2.75) is 50.3 Å². The highest BCUT2D eigenvalue weighted by molar-refractivity contribution is 5.65. The first-order valence-corrected chi connectivity index (χ1v) is 10.0. The van der Waals surface area contributed by atoms with Crippen molar-refractivity contribution in [1.82, 2.24) is 19.6 Å². The Hall–Kier alpha value is -3.28. The highest BCUT2D eigenvalue weighted by atomic mass is 16.7. The molecule has 4 atom stereocenters. The third-order valence-corrected chi connectivity index (χ3v) is 5.73. The average Bonchev–Trinajstić information content (AvgIpc) is 3.30. The average molecular weight is 443 g/mol. The Kier molecular flexibility index (Phi) is 5.49. The van der Waals surface area contributed by atoms with Crippen molar-refractivity contribution in [3.05, 3.63) is 54.2 Å². The number of anilines is 1. The molecule has 4 N–H and O–H groups in total. The van der Waals surface area contributed by atoms with Crippen molar-refractivity contribution in [2.24, 2.45) is 0 Å². The second-order valence-corrected chi connectivity index (χ2v) is 8.27. The van der Waals surface area contributed by atoms with Gasteiger partial charge in [0.15, 0.2) is 5.82 Å². The molecule has 1 aliphatic heterocycles. The topological polar surface area (TPSA) is 154 Å². The molecule has 0 amide bonds. The molecule has 4 heterocycles. The Morgan fingerprint density at radius 2 is 2.00 bits per heavy atom. The summed E-state index contributed by atoms with van der Waals surface area (Å²) in [5.74, 6) is 0.266. The van der Waals surface area contributed by atoms with E-state index in [0.29, 0.717) is 11.2 Å². The van der Waals surface area contributed by atoms with Gasteiger partial charge in [-0.2, -0.15) is 5.10 Å². The van der Waals surface area contributed by atoms with Crippen molar-refractivity contribution in [1.29, 1.82) is 0 Å². The number of aliphatic hydroxyl groups excluding tert-OH is 2. The maximum atomic E-state index is 12.3. The van der Waals surface area contributed by atoms with Crippen LogP contribution in [0, 0.1) is 0 Å². The van der Waals surface area contributed by atoms with Gasteiger partial charge < -0.3 is 30.2 Å². The summed E-state index contributed by atoms with van der Waals surface area (Å²) in [5, 5.41) is 25.5. The van der Waals surface area contributed by atoms with Crippen LogP contribution in [-0.2, 0) is 25.4 Å². The van der Waals surface area contributed by atoms with Crippen LogP contribution in [0.5, 0.6) is 0 Å². The van der Waals surface area contributed by atoms with Gasteiger partial charge in [-0.05, 0) is 50.6 Å². The molecule has 3 aromatic heterocycles. The van der Waals surface area contributed by atoms with Gasteiger partial charge in [-0.15, -0.1) is 0 Å². The number of nitrogens with zero attached hydrogens (tertiary/aromatic N) is 4. The van der Waals surface area contributed by atoms with Crippen LogP contribution in [0.25, 0.3) is 5.52 Å². The van der Waals surface area contributed by atoms with Crippen LogP contribution in [0.15, 0.2) is 43.0 Å². The molecule has 170 valence electrons. The van der Waals surface area contributed by atoms with E-state index in [0.717, 1.165) is 5.56 Å². The zero-order chi connectivity index (χ0) is 23.1. The summed E-state index contributed by atoms with van der Waals surface area (Å²) in [6.45, 7) is 4.73. The van der Waals surface area contributed by atoms with Gasteiger partial charge in [-0.25, -0.2) is 14.3 Å². The lowest BCUT2D eigenvalue weighted by molar-refractivity contribution is -0.0987. The summed E-state index contributed by atoms with van der Waals surface area (Å²) in [4.78, 5) is 20.2. The summed E-state index contributed by atoms with van der Waals surface area (Å²) < 4.78 is 18.1. The lowest BCUT2D eigenvalue weighted by Crippen LogP contribution is -2.39. The molecule has 4 rings (SSSR count). The van der Waals surface area contributed by atoms with Crippen molar-refractivity contribution >= 4 is 17.5 Å². The molecule has 3 aromatic rings. The zero-order valence-corrected chi connectivity index (χ0v) is 17.9. The van der Waals surface area contributed by atoms with Gasteiger partial charge in [0, 0.05) is 12.4 Å². The fourth-order valence-corrected chi connectivity index (χ4v) is 3.86. The van der Waals surface area contributed by atoms with Crippen molar-refractivity contribution in [3.63, 3.8) is 0 Å². The Labute approximate surface area is 183 Å². The number of pyridine rings is 1. The predicted octanol–water partition coefficient (Wildman–Crippen LogP) is 1.13. The fourth-order valence-electron chi connectivity index (χ4n) is 3.86. The number of rotatable bonds is 5. The largest absolute Gasteiger partial charge is 0.509 e. The lowest BCUT2D eigenvalue weighted by Gasteiger charge is -2.27. The van der Waals surface area contributed by atoms with E-state index in [-0.39, 0.29) is 12.4 Å². The minimum atomic E-state index is -1.33. The maximum absolute atomic E-state index is 12.3. The Morgan fingerprint density at radius 1 is 1.28 bits per heavy atom. The number of aromatic nitrogens is 4. The Morgan fingerprint density at radius 3 is 2.72 bits per heavy atom. The molecule has 0 aliphatic carbocycles. The molecule has 32 heavy (non-hydrogen) atoms. The first kappa shape index (κ1) is 21.9. The number of hydrogen-bond donors (Lipinski definition) is 3. The summed E-state index contributed by atoms with van der Waals surface area (Å²) >= 11 is 0. The first-order valence-electron chi connectivity index (χ1n) is 10.0. The van der Waals surface area contributed by atoms with E-state index in [1.165, 1.54) is 10.8 Å². The van der Waals surface area contributed by atoms with E-state index in [1.807, 2.05) is 0 Å². The van der Waals surface area contributed by atoms with E-state index in [4.69, 9.17) is 19.9 Å². The number of carbonyl (C=O) groups is 1. The number of ether oxygens (including phenoxy) is 3. The maximum Gasteiger partial charge on any atom is 0.509 e. The number of fused-ring (bicyclic) bond motifs is 1. The molecule has 0 aromatic carbocycles. The van der Waals surface area contributed by atoms with Gasteiger partial charge in [0.25, 0.3) is 0 Å². The number of hydrogen-bond acceptors (Lipinski definition) is 10. The molecular formula is C21H25N5O6. The van der Waals surface area contributed by atoms with E-state index in [2.05, 4.69) is 15.1 Å². The molecule has 0 bridgehead atoms. The van der Waals surface area contributed by atoms with Crippen LogP contribution in [0.1, 0.15) is 32.0 Å². The minimum absolute atomic E-state index is 0.266. The van der Waals surface area contributed by atoms with Crippen molar-refractivity contribution in [3.8, 4) is 0 Å². The Bertz CT molecular complexity index is 1120. The predicted molar refractivity (Wildman–Crippen MR) is 111 cm³/mol. The smallest absolute Gasteiger partial charge is 0.431 e. The molecule has 11 nitrogen and oxygen atoms in total. The van der Waals surface area contributed by atoms with E-state index >= 15 is 0 Å². The molecule has 0 spiro atoms. The van der Waals surface area contributed by atoms with Gasteiger partial charge in [0.05, 0.1) is 5.69 Å². The van der Waals surface area contributed by atoms with Gasteiger partial charge >= 0.3 is 6.16 Å². The number of aliphatic hydroxyl groups is 2. The second-order valence-electron chi connectivity index (χ2n) is 8.27. The number of nitrogen functional groups attached to an aromatic ring is 1. The monoisotopic (exact) mass is 443 g/mol. The van der Waals surface area contributed by atoms with Crippen LogP contribution in [0.3, 0.4) is 0 Å². The van der Waals surface area contributed by atoms with Gasteiger partial charge in [0.1, 0.15) is 48.0 Å². The van der Waals surface area contributed by atoms with Crippen LogP contribution in [0.4, 0.5) is 10.6 Å². The highest BCUT2D eigenvalue weighted by Gasteiger charge is 2.54. The van der Waals surface area contributed by atoms with Gasteiger partial charge in [-0.3, -0.25) is 4.98 Å². The Balaban J connectivity index is 1.45. The van der Waals surface area contributed by atoms with Crippen LogP contribution in [0.2, 0.25) is 0 Å². The molecule has 11 heteroatoms. The molecule has 1 saturated heterocycles. The summed E-state index contributed by atoms with van der Waals surface area (Å²) in [7, 11) is 0. The normalized spacial score (nSPS) is 25.7. The quantitative estimate of drug-likeness (QED) is 0.489. The number of nitrogens with two attached hydrogens (primary N) is 1.